The second-order valence-corrected chi connectivity index (χ2v) is 17.9. The maximum atomic E-state index is 14.6. The number of Topliss-reactive ketones (excluding diaryl/α,β-unsaturated/α-hetero) is 1. The van der Waals surface area contributed by atoms with Gasteiger partial charge in [0, 0.05) is 38.1 Å². The molecular weight excluding hydrogens is 808 g/mol. The van der Waals surface area contributed by atoms with Gasteiger partial charge in [-0.1, -0.05) is 30.0 Å². The van der Waals surface area contributed by atoms with E-state index in [2.05, 4.69) is 34.4 Å². The Bertz CT molecular complexity index is 2340. The summed E-state index contributed by atoms with van der Waals surface area (Å²) < 4.78 is 58.6. The number of halogens is 1. The van der Waals surface area contributed by atoms with Crippen LogP contribution in [0, 0.1) is 30.5 Å². The van der Waals surface area contributed by atoms with Crippen LogP contribution in [-0.2, 0) is 47.0 Å². The highest BCUT2D eigenvalue weighted by Gasteiger charge is 2.54. The Hall–Kier alpha value is -6.23. The topological polar surface area (TPSA) is 240 Å². The van der Waals surface area contributed by atoms with Crippen molar-refractivity contribution < 1.29 is 60.3 Å². The third-order valence-electron chi connectivity index (χ3n) is 10.3. The minimum atomic E-state index is -4.10. The van der Waals surface area contributed by atoms with E-state index in [4.69, 9.17) is 13.9 Å². The van der Waals surface area contributed by atoms with Gasteiger partial charge in [-0.25, -0.2) is 27.1 Å². The van der Waals surface area contributed by atoms with E-state index in [9.17, 15) is 46.4 Å². The summed E-state index contributed by atoms with van der Waals surface area (Å²) >= 11 is 0. The van der Waals surface area contributed by atoms with Gasteiger partial charge in [0.05, 0.1) is 29.8 Å². The molecule has 1 aromatic carbocycles. The molecule has 20 heteroatoms. The maximum Gasteiger partial charge on any atom is 0.410 e. The van der Waals surface area contributed by atoms with Crippen LogP contribution in [-0.4, -0.2) is 107 Å². The van der Waals surface area contributed by atoms with Gasteiger partial charge < -0.3 is 34.7 Å². The quantitative estimate of drug-likeness (QED) is 0.129. The number of ether oxygens (including phenoxy) is 2. The van der Waals surface area contributed by atoms with Gasteiger partial charge in [0.2, 0.25) is 21.8 Å². The number of fused-ring (bicyclic) bond motifs is 1. The molecule has 2 aliphatic carbocycles. The molecule has 1 aromatic heterocycles. The van der Waals surface area contributed by atoms with Crippen molar-refractivity contribution in [3.05, 3.63) is 70.9 Å². The van der Waals surface area contributed by atoms with E-state index in [1.165, 1.54) is 43.0 Å². The zero-order valence-corrected chi connectivity index (χ0v) is 34.3. The molecule has 2 fully saturated rings. The number of ketones is 1. The predicted molar refractivity (Wildman–Crippen MR) is 207 cm³/mol. The second kappa shape index (κ2) is 16.4. The molecule has 1 saturated heterocycles. The van der Waals surface area contributed by atoms with Crippen LogP contribution < -0.4 is 20.7 Å². The molecule has 1 saturated carbocycles. The number of nitrogens with zero attached hydrogens (tertiary/aromatic N) is 2. The van der Waals surface area contributed by atoms with Gasteiger partial charge in [-0.3, -0.25) is 28.9 Å². The van der Waals surface area contributed by atoms with Crippen molar-refractivity contribution in [3.63, 3.8) is 0 Å². The van der Waals surface area contributed by atoms with Gasteiger partial charge >= 0.3 is 12.2 Å². The van der Waals surface area contributed by atoms with E-state index in [1.807, 2.05) is 4.72 Å². The Morgan fingerprint density at radius 2 is 1.85 bits per heavy atom. The van der Waals surface area contributed by atoms with Crippen molar-refractivity contribution in [3.8, 4) is 11.8 Å². The monoisotopic (exact) mass is 852 g/mol. The number of aryl methyl sites for hydroxylation is 1. The summed E-state index contributed by atoms with van der Waals surface area (Å²) in [6.07, 6.45) is -1.53. The molecule has 0 spiro atoms. The molecule has 6 rings (SSSR count). The van der Waals surface area contributed by atoms with Gasteiger partial charge in [0.1, 0.15) is 35.4 Å². The molecule has 6 amide bonds. The molecule has 2 aromatic rings. The van der Waals surface area contributed by atoms with Crippen LogP contribution in [0.4, 0.5) is 14.0 Å². The molecular formula is C40H45FN6O12S. The van der Waals surface area contributed by atoms with Gasteiger partial charge in [-0.05, 0) is 52.2 Å². The van der Waals surface area contributed by atoms with Crippen LogP contribution in [0.15, 0.2) is 41.3 Å². The smallest absolute Gasteiger partial charge is 0.410 e. The van der Waals surface area contributed by atoms with Gasteiger partial charge in [-0.15, -0.1) is 6.58 Å². The number of sulfonamides is 1. The van der Waals surface area contributed by atoms with Crippen molar-refractivity contribution in [1.29, 1.82) is 0 Å². The van der Waals surface area contributed by atoms with Crippen molar-refractivity contribution in [1.82, 2.24) is 30.5 Å². The first-order chi connectivity index (χ1) is 28.1. The zero-order chi connectivity index (χ0) is 43.9. The van der Waals surface area contributed by atoms with Gasteiger partial charge in [-0.2, -0.15) is 0 Å². The Kier molecular flexibility index (Phi) is 11.9. The highest BCUT2D eigenvalue weighted by Crippen LogP contribution is 2.32. The van der Waals surface area contributed by atoms with Crippen LogP contribution in [0.1, 0.15) is 84.8 Å². The Morgan fingerprint density at radius 1 is 1.13 bits per heavy atom. The molecule has 2 aliphatic heterocycles. The molecule has 3 heterocycles. The molecule has 320 valence electrons. The van der Waals surface area contributed by atoms with Gasteiger partial charge in [0.15, 0.2) is 17.1 Å². The molecule has 4 N–H and O–H groups in total. The van der Waals surface area contributed by atoms with E-state index in [1.54, 1.807) is 26.8 Å². The number of hydrogen-bond acceptors (Lipinski definition) is 12. The summed E-state index contributed by atoms with van der Waals surface area (Å²) in [4.78, 5) is 96.5. The van der Waals surface area contributed by atoms with Crippen LogP contribution in [0.25, 0.3) is 0 Å². The Morgan fingerprint density at radius 3 is 2.43 bits per heavy atom. The van der Waals surface area contributed by atoms with Crippen LogP contribution in [0.3, 0.4) is 0 Å². The van der Waals surface area contributed by atoms with Gasteiger partial charge in [0.25, 0.3) is 11.8 Å². The standard InChI is InChI=1S/C40H45FN6O12S/c1-7-24-13-14-40(24,36(52)45-60(55,56)26-11-12-26)44-34(50)31-15-25(58-38(54)46-18-23-9-8-10-29(41)28(23)20-46)19-47(31)35(51)30(43-37(53)59-39(4,5)6)17-42-33(49)27-16-32(21(2)48)57-22(27)3/h7-10,16,24-26,30-31H,1,11-12,15,17-20H2,2-6H3,(H,42,49)(H,43,53)(H,44,50)(H,45,52)/t24?,25-,30+,31+,40-/m1/s1. The summed E-state index contributed by atoms with van der Waals surface area (Å²) in [6.45, 7) is 9.99. The molecule has 0 bridgehead atoms. The number of furan rings is 1. The lowest BCUT2D eigenvalue weighted by atomic mass is 9.76. The number of benzene rings is 1. The molecule has 5 atom stereocenters. The normalized spacial score (nSPS) is 22.2. The third kappa shape index (κ3) is 9.15. The number of amides is 6. The number of alkyl carbamates (subject to hydrolysis) is 1. The van der Waals surface area contributed by atoms with Crippen molar-refractivity contribution in [2.75, 3.05) is 13.1 Å². The van der Waals surface area contributed by atoms with E-state index in [0.29, 0.717) is 24.0 Å². The van der Waals surface area contributed by atoms with Crippen LogP contribution in [0.2, 0.25) is 0 Å². The van der Waals surface area contributed by atoms with Crippen LogP contribution >= 0.6 is 0 Å². The fourth-order valence-electron chi connectivity index (χ4n) is 6.97. The summed E-state index contributed by atoms with van der Waals surface area (Å²) in [5.74, 6) is -0.610. The first kappa shape index (κ1) is 43.4. The third-order valence-corrected chi connectivity index (χ3v) is 12.1. The number of carbonyl (C=O) groups excluding carboxylic acids is 7. The fraction of sp³-hybridized carbons (Fsp3) is 0.475. The second-order valence-electron chi connectivity index (χ2n) is 16.0. The largest absolute Gasteiger partial charge is 0.457 e. The van der Waals surface area contributed by atoms with E-state index >= 15 is 0 Å². The van der Waals surface area contributed by atoms with E-state index < -0.39 is 111 Å². The van der Waals surface area contributed by atoms with Crippen molar-refractivity contribution >= 4 is 51.6 Å². The molecule has 1 unspecified atom stereocenters. The number of nitrogens with one attached hydrogen (secondary N) is 4. The molecule has 0 radical (unpaired) electrons. The SMILES string of the molecule is C=CC1C#C[C@]1(NC(=O)[C@@H]1C[C@@H](OC(=O)N2Cc3cccc(F)c3C2)CN1C(=O)[C@H](CNC(=O)c1cc(C(C)=O)oc1C)NC(=O)OC(C)(C)C)C(=O)NS(=O)(=O)C1CC1. The first-order valence-corrected chi connectivity index (χ1v) is 20.6. The lowest BCUT2D eigenvalue weighted by Gasteiger charge is -2.38. The summed E-state index contributed by atoms with van der Waals surface area (Å²) in [5.41, 5.74) is -2.29. The fourth-order valence-corrected chi connectivity index (χ4v) is 8.31. The summed E-state index contributed by atoms with van der Waals surface area (Å²) in [6, 6.07) is 2.49. The van der Waals surface area contributed by atoms with E-state index in [0.717, 1.165) is 4.90 Å². The number of hydrogen-bond donors (Lipinski definition) is 4. The van der Waals surface area contributed by atoms with Crippen molar-refractivity contribution in [2.24, 2.45) is 5.92 Å². The summed E-state index contributed by atoms with van der Waals surface area (Å²) in [7, 11) is -4.10. The summed E-state index contributed by atoms with van der Waals surface area (Å²) in [5, 5.41) is 6.69. The highest BCUT2D eigenvalue weighted by molar-refractivity contribution is 7.91. The number of rotatable bonds is 13. The molecule has 18 nitrogen and oxygen atoms in total. The first-order valence-electron chi connectivity index (χ1n) is 19.1. The van der Waals surface area contributed by atoms with Crippen molar-refractivity contribution in [2.45, 2.75) is 102 Å². The average Bonchev–Trinajstić information content (AvgIpc) is 3.61. The minimum Gasteiger partial charge on any atom is -0.457 e. The molecule has 4 aliphatic rings. The Balaban J connectivity index is 1.28. The Labute approximate surface area is 345 Å². The molecule has 60 heavy (non-hydrogen) atoms. The number of likely N-dealkylation sites (tertiary alicyclic amines) is 1. The number of carbonyl (C=O) groups is 7. The predicted octanol–water partition coefficient (Wildman–Crippen LogP) is 1.96. The van der Waals surface area contributed by atoms with E-state index in [-0.39, 0.29) is 36.6 Å². The highest BCUT2D eigenvalue weighted by atomic mass is 32.2. The van der Waals surface area contributed by atoms with Crippen LogP contribution in [0.5, 0.6) is 0 Å². The lowest BCUT2D eigenvalue weighted by molar-refractivity contribution is -0.141. The average molecular weight is 853 g/mol. The zero-order valence-electron chi connectivity index (χ0n) is 33.5. The maximum absolute atomic E-state index is 14.6. The lowest BCUT2D eigenvalue weighted by Crippen LogP contribution is -2.68. The minimum absolute atomic E-state index is 0.0244.